The highest BCUT2D eigenvalue weighted by atomic mass is 16.5. The lowest BCUT2D eigenvalue weighted by molar-refractivity contribution is -0.137. The van der Waals surface area contributed by atoms with Gasteiger partial charge in [-0.25, -0.2) is 14.6 Å². The first kappa shape index (κ1) is 31.6. The number of hydrogen-bond acceptors (Lipinski definition) is 7. The van der Waals surface area contributed by atoms with Crippen LogP contribution in [0.15, 0.2) is 4.99 Å². The molecule has 2 aliphatic rings. The Morgan fingerprint density at radius 2 is 1.72 bits per heavy atom. The van der Waals surface area contributed by atoms with Crippen molar-refractivity contribution in [2.45, 2.75) is 109 Å². The van der Waals surface area contributed by atoms with Gasteiger partial charge in [-0.15, -0.1) is 0 Å². The van der Waals surface area contributed by atoms with Crippen molar-refractivity contribution in [2.24, 2.45) is 4.99 Å². The molecule has 0 spiro atoms. The number of urea groups is 2. The minimum Gasteiger partial charge on any atom is -0.481 e. The molecule has 36 heavy (non-hydrogen) atoms. The lowest BCUT2D eigenvalue weighted by atomic mass is 10.1. The van der Waals surface area contributed by atoms with E-state index < -0.39 is 36.5 Å². The highest BCUT2D eigenvalue weighted by Crippen LogP contribution is 2.23. The molecule has 1 saturated heterocycles. The van der Waals surface area contributed by atoms with Gasteiger partial charge >= 0.3 is 18.0 Å². The number of nitrogens with zero attached hydrogens (tertiary/aromatic N) is 2. The number of carboxylic acids is 1. The average Bonchev–Trinajstić information content (AvgIpc) is 3.21. The highest BCUT2D eigenvalue weighted by molar-refractivity contribution is 6.04. The van der Waals surface area contributed by atoms with Crippen LogP contribution in [0.3, 0.4) is 0 Å². The van der Waals surface area contributed by atoms with Crippen molar-refractivity contribution < 1.29 is 34.4 Å². The molecular formula is C24H45N5O7. The number of aliphatic hydroxyl groups is 2. The summed E-state index contributed by atoms with van der Waals surface area (Å²) in [4.78, 5) is 39.4. The molecule has 0 unspecified atom stereocenters. The zero-order valence-corrected chi connectivity index (χ0v) is 21.7. The molecule has 4 amide bonds. The van der Waals surface area contributed by atoms with Gasteiger partial charge in [0.1, 0.15) is 19.0 Å². The largest absolute Gasteiger partial charge is 0.481 e. The number of aliphatic hydroxyl groups excluding tert-OH is 2. The monoisotopic (exact) mass is 515 g/mol. The predicted molar refractivity (Wildman–Crippen MR) is 135 cm³/mol. The number of carbonyl (C=O) groups is 3. The third-order valence-corrected chi connectivity index (χ3v) is 5.89. The molecule has 2 heterocycles. The SMILES string of the molecule is CCCCCCCC(=O)O.CCCCCCCNC(=O)NC1=NCN([C@H]2C[C@H](O)[C@@H](CO)O2)C(=O)N1. The number of hydrogen-bond donors (Lipinski definition) is 6. The fourth-order valence-electron chi connectivity index (χ4n) is 3.75. The van der Waals surface area contributed by atoms with Crippen molar-refractivity contribution >= 4 is 24.0 Å². The molecule has 0 saturated carbocycles. The van der Waals surface area contributed by atoms with E-state index in [2.05, 4.69) is 34.8 Å². The van der Waals surface area contributed by atoms with E-state index in [0.717, 1.165) is 32.1 Å². The highest BCUT2D eigenvalue weighted by Gasteiger charge is 2.39. The van der Waals surface area contributed by atoms with E-state index in [1.54, 1.807) is 0 Å². The van der Waals surface area contributed by atoms with Crippen molar-refractivity contribution in [3.63, 3.8) is 0 Å². The maximum Gasteiger partial charge on any atom is 0.327 e. The van der Waals surface area contributed by atoms with Crippen molar-refractivity contribution in [3.8, 4) is 0 Å². The Morgan fingerprint density at radius 1 is 1.08 bits per heavy atom. The lowest BCUT2D eigenvalue weighted by Crippen LogP contribution is -2.57. The number of aliphatic carboxylic acids is 1. The fraction of sp³-hybridized carbons (Fsp3) is 0.833. The van der Waals surface area contributed by atoms with E-state index in [-0.39, 0.29) is 25.7 Å². The van der Waals surface area contributed by atoms with Crippen LogP contribution in [0.2, 0.25) is 0 Å². The van der Waals surface area contributed by atoms with E-state index in [0.29, 0.717) is 13.0 Å². The van der Waals surface area contributed by atoms with E-state index >= 15 is 0 Å². The second-order valence-corrected chi connectivity index (χ2v) is 9.02. The number of carbonyl (C=O) groups excluding carboxylic acids is 2. The second-order valence-electron chi connectivity index (χ2n) is 9.02. The van der Waals surface area contributed by atoms with E-state index in [1.807, 2.05) is 0 Å². The molecule has 0 aromatic heterocycles. The Balaban J connectivity index is 0.000000548. The van der Waals surface area contributed by atoms with Crippen molar-refractivity contribution in [3.05, 3.63) is 0 Å². The van der Waals surface area contributed by atoms with Crippen LogP contribution in [0, 0.1) is 0 Å². The standard InChI is InChI=1S/C16H29N5O5.C8H16O2/c1-2-3-4-5-6-7-17-15(24)19-14-18-10-21(16(25)20-14)13-8-11(23)12(9-22)26-13;1-2-3-4-5-6-7-8(9)10/h11-13,22-23H,2-10H2,1H3,(H3,17,18,19,20,24,25);2-7H2,1H3,(H,9,10)/t11-,12+,13+;/m0./s1. The Labute approximate surface area is 213 Å². The topological polar surface area (TPSA) is 173 Å². The molecular weight excluding hydrogens is 470 g/mol. The van der Waals surface area contributed by atoms with Gasteiger partial charge in [0, 0.05) is 19.4 Å². The van der Waals surface area contributed by atoms with Crippen molar-refractivity contribution in [2.75, 3.05) is 19.8 Å². The maximum atomic E-state index is 12.2. The molecule has 3 atom stereocenters. The molecule has 0 aliphatic carbocycles. The first-order chi connectivity index (χ1) is 17.3. The number of nitrogens with one attached hydrogen (secondary N) is 3. The quantitative estimate of drug-likeness (QED) is 0.193. The molecule has 0 aromatic rings. The van der Waals surface area contributed by atoms with Gasteiger partial charge < -0.3 is 25.4 Å². The number of carboxylic acid groups (broad SMARTS) is 1. The smallest absolute Gasteiger partial charge is 0.327 e. The Kier molecular flexibility index (Phi) is 16.5. The number of guanidine groups is 1. The van der Waals surface area contributed by atoms with Crippen LogP contribution in [-0.4, -0.2) is 82.5 Å². The molecule has 2 rings (SSSR count). The van der Waals surface area contributed by atoms with E-state index in [1.165, 1.54) is 37.0 Å². The van der Waals surface area contributed by atoms with Crippen LogP contribution in [0.1, 0.15) is 90.9 Å². The first-order valence-corrected chi connectivity index (χ1v) is 13.1. The maximum absolute atomic E-state index is 12.2. The minimum atomic E-state index is -0.829. The van der Waals surface area contributed by atoms with Gasteiger partial charge in [0.2, 0.25) is 5.96 Å². The number of aliphatic imine (C=N–C) groups is 1. The first-order valence-electron chi connectivity index (χ1n) is 13.1. The van der Waals surface area contributed by atoms with Gasteiger partial charge in [0.25, 0.3) is 0 Å². The fourth-order valence-corrected chi connectivity index (χ4v) is 3.75. The molecule has 12 nitrogen and oxygen atoms in total. The van der Waals surface area contributed by atoms with Crippen molar-refractivity contribution in [1.82, 2.24) is 20.9 Å². The van der Waals surface area contributed by atoms with Crippen LogP contribution in [-0.2, 0) is 9.53 Å². The summed E-state index contributed by atoms with van der Waals surface area (Å²) in [6.07, 6.45) is 9.41. The molecule has 1 fully saturated rings. The third kappa shape index (κ3) is 13.0. The Hall–Kier alpha value is -2.44. The second kappa shape index (κ2) is 18.8. The van der Waals surface area contributed by atoms with Crippen LogP contribution < -0.4 is 16.0 Å². The minimum absolute atomic E-state index is 0.00595. The average molecular weight is 516 g/mol. The predicted octanol–water partition coefficient (Wildman–Crippen LogP) is 2.49. The van der Waals surface area contributed by atoms with E-state index in [9.17, 15) is 19.5 Å². The molecule has 12 heteroatoms. The number of rotatable bonds is 14. The van der Waals surface area contributed by atoms with Gasteiger partial charge in [-0.05, 0) is 12.8 Å². The van der Waals surface area contributed by atoms with E-state index in [4.69, 9.17) is 14.9 Å². The molecule has 0 aromatic carbocycles. The van der Waals surface area contributed by atoms with Crippen molar-refractivity contribution in [1.29, 1.82) is 0 Å². The molecule has 0 radical (unpaired) electrons. The summed E-state index contributed by atoms with van der Waals surface area (Å²) < 4.78 is 5.44. The van der Waals surface area contributed by atoms with Crippen LogP contribution in [0.5, 0.6) is 0 Å². The number of ether oxygens (including phenoxy) is 1. The zero-order chi connectivity index (χ0) is 26.8. The Morgan fingerprint density at radius 3 is 2.28 bits per heavy atom. The lowest BCUT2D eigenvalue weighted by Gasteiger charge is -2.30. The van der Waals surface area contributed by atoms with Gasteiger partial charge in [0.15, 0.2) is 0 Å². The summed E-state index contributed by atoms with van der Waals surface area (Å²) in [6.45, 7) is 4.55. The van der Waals surface area contributed by atoms with Gasteiger partial charge in [0.05, 0.1) is 12.7 Å². The third-order valence-electron chi connectivity index (χ3n) is 5.89. The molecule has 0 bridgehead atoms. The van der Waals surface area contributed by atoms with Gasteiger partial charge in [-0.2, -0.15) is 0 Å². The zero-order valence-electron chi connectivity index (χ0n) is 21.7. The number of unbranched alkanes of at least 4 members (excludes halogenated alkanes) is 8. The van der Waals surface area contributed by atoms with Crippen LogP contribution in [0.4, 0.5) is 9.59 Å². The summed E-state index contributed by atoms with van der Waals surface area (Å²) in [6, 6.07) is -0.897. The van der Waals surface area contributed by atoms with Gasteiger partial charge in [-0.1, -0.05) is 65.2 Å². The molecule has 6 N–H and O–H groups in total. The molecule has 2 aliphatic heterocycles. The van der Waals surface area contributed by atoms with Gasteiger partial charge in [-0.3, -0.25) is 20.3 Å². The summed E-state index contributed by atoms with van der Waals surface area (Å²) in [5.41, 5.74) is 0. The molecule has 208 valence electrons. The summed E-state index contributed by atoms with van der Waals surface area (Å²) in [5.74, 6) is -0.594. The normalized spacial score (nSPS) is 21.2. The van der Waals surface area contributed by atoms with Crippen LogP contribution >= 0.6 is 0 Å². The summed E-state index contributed by atoms with van der Waals surface area (Å²) in [7, 11) is 0. The summed E-state index contributed by atoms with van der Waals surface area (Å²) in [5, 5.41) is 34.8. The summed E-state index contributed by atoms with van der Waals surface area (Å²) >= 11 is 0. The van der Waals surface area contributed by atoms with Crippen LogP contribution in [0.25, 0.3) is 0 Å². The number of amides is 4. The Bertz CT molecular complexity index is 692.